The lowest BCUT2D eigenvalue weighted by Crippen LogP contribution is -2.49. The number of rotatable bonds is 6. The van der Waals surface area contributed by atoms with E-state index in [1.54, 1.807) is 11.8 Å². The molecular weight excluding hydrogens is 262 g/mol. The van der Waals surface area contributed by atoms with Gasteiger partial charge in [-0.3, -0.25) is 14.4 Å². The number of hydrogen-bond acceptors (Lipinski definition) is 4. The third kappa shape index (κ3) is 3.95. The highest BCUT2D eigenvalue weighted by Crippen LogP contribution is 2.33. The fraction of sp³-hybridized carbons (Fsp3) is 0.786. The summed E-state index contributed by atoms with van der Waals surface area (Å²) in [6, 6.07) is 0. The molecule has 1 N–H and O–H groups in total. The Morgan fingerprint density at radius 1 is 1.25 bits per heavy atom. The van der Waals surface area contributed by atoms with Crippen LogP contribution in [0.2, 0.25) is 0 Å². The van der Waals surface area contributed by atoms with Crippen LogP contribution in [0.25, 0.3) is 0 Å². The summed E-state index contributed by atoms with van der Waals surface area (Å²) in [7, 11) is 0. The molecule has 1 unspecified atom stereocenters. The molecule has 1 heterocycles. The third-order valence-electron chi connectivity index (χ3n) is 3.91. The quantitative estimate of drug-likeness (QED) is 0.746. The van der Waals surface area contributed by atoms with Crippen LogP contribution in [0.4, 0.5) is 0 Å². The van der Waals surface area contributed by atoms with Crippen molar-refractivity contribution in [1.29, 1.82) is 0 Å². The Bertz CT molecular complexity index is 382. The Morgan fingerprint density at radius 3 is 2.50 bits per heavy atom. The highest BCUT2D eigenvalue weighted by molar-refractivity contribution is 5.82. The maximum atomic E-state index is 12.1. The number of carboxylic acid groups (broad SMARTS) is 1. The van der Waals surface area contributed by atoms with Gasteiger partial charge in [-0.1, -0.05) is 6.92 Å². The highest BCUT2D eigenvalue weighted by Gasteiger charge is 2.41. The van der Waals surface area contributed by atoms with Gasteiger partial charge in [-0.15, -0.1) is 0 Å². The van der Waals surface area contributed by atoms with Crippen LogP contribution in [-0.2, 0) is 19.1 Å². The molecule has 0 bridgehead atoms. The molecule has 6 nitrogen and oxygen atoms in total. The molecule has 6 heteroatoms. The van der Waals surface area contributed by atoms with Crippen molar-refractivity contribution < 1.29 is 24.2 Å². The minimum Gasteiger partial charge on any atom is -0.481 e. The molecule has 1 atom stereocenters. The van der Waals surface area contributed by atoms with Gasteiger partial charge in [0.25, 0.3) is 0 Å². The largest absolute Gasteiger partial charge is 0.481 e. The van der Waals surface area contributed by atoms with E-state index in [1.807, 2.05) is 6.92 Å². The van der Waals surface area contributed by atoms with E-state index in [2.05, 4.69) is 0 Å². The molecule has 1 amide bonds. The van der Waals surface area contributed by atoms with E-state index in [4.69, 9.17) is 4.74 Å². The number of carbonyl (C=O) groups is 3. The molecule has 1 fully saturated rings. The lowest BCUT2D eigenvalue weighted by Gasteiger charge is -2.39. The van der Waals surface area contributed by atoms with Gasteiger partial charge in [-0.2, -0.15) is 0 Å². The van der Waals surface area contributed by atoms with Gasteiger partial charge in [0.05, 0.1) is 18.4 Å². The van der Waals surface area contributed by atoms with Crippen molar-refractivity contribution in [1.82, 2.24) is 4.90 Å². The van der Waals surface area contributed by atoms with E-state index in [0.29, 0.717) is 32.4 Å². The van der Waals surface area contributed by atoms with Crippen LogP contribution in [0.5, 0.6) is 0 Å². The number of carboxylic acids is 1. The smallest absolute Gasteiger partial charge is 0.311 e. The summed E-state index contributed by atoms with van der Waals surface area (Å²) < 4.78 is 4.78. The summed E-state index contributed by atoms with van der Waals surface area (Å²) in [6.07, 6.45) is 1.92. The lowest BCUT2D eigenvalue weighted by atomic mass is 9.77. The average Bonchev–Trinajstić information content (AvgIpc) is 2.44. The predicted molar refractivity (Wildman–Crippen MR) is 72.0 cm³/mol. The number of ether oxygens (including phenoxy) is 1. The monoisotopic (exact) mass is 285 g/mol. The second-order valence-corrected chi connectivity index (χ2v) is 5.16. The van der Waals surface area contributed by atoms with E-state index in [0.717, 1.165) is 0 Å². The first-order valence-electron chi connectivity index (χ1n) is 7.12. The molecule has 1 rings (SSSR count). The molecule has 0 aromatic heterocycles. The van der Waals surface area contributed by atoms with Crippen LogP contribution in [0.3, 0.4) is 0 Å². The summed E-state index contributed by atoms with van der Waals surface area (Å²) in [5, 5.41) is 9.36. The minimum absolute atomic E-state index is 0.0510. The lowest BCUT2D eigenvalue weighted by molar-refractivity contribution is -0.156. The van der Waals surface area contributed by atoms with Crippen LogP contribution >= 0.6 is 0 Å². The second kappa shape index (κ2) is 7.26. The average molecular weight is 285 g/mol. The van der Waals surface area contributed by atoms with Crippen molar-refractivity contribution in [2.24, 2.45) is 5.41 Å². The van der Waals surface area contributed by atoms with E-state index in [-0.39, 0.29) is 25.3 Å². The molecule has 0 aromatic rings. The maximum absolute atomic E-state index is 12.1. The van der Waals surface area contributed by atoms with Crippen molar-refractivity contribution in [3.05, 3.63) is 0 Å². The summed E-state index contributed by atoms with van der Waals surface area (Å²) in [4.78, 5) is 36.3. The minimum atomic E-state index is -0.845. The summed E-state index contributed by atoms with van der Waals surface area (Å²) in [6.45, 7) is 4.65. The van der Waals surface area contributed by atoms with Crippen molar-refractivity contribution in [3.8, 4) is 0 Å². The van der Waals surface area contributed by atoms with Crippen LogP contribution in [-0.4, -0.2) is 47.5 Å². The number of esters is 1. The predicted octanol–water partition coefficient (Wildman–Crippen LogP) is 1.43. The first kappa shape index (κ1) is 16.5. The van der Waals surface area contributed by atoms with Crippen molar-refractivity contribution in [2.45, 2.75) is 46.0 Å². The molecule has 0 spiro atoms. The molecule has 1 aliphatic heterocycles. The molecule has 1 aliphatic rings. The van der Waals surface area contributed by atoms with Gasteiger partial charge in [0.1, 0.15) is 0 Å². The highest BCUT2D eigenvalue weighted by atomic mass is 16.5. The van der Waals surface area contributed by atoms with Crippen LogP contribution in [0, 0.1) is 5.41 Å². The SMILES string of the molecule is CCOC(=O)CCC(=O)N1CCCC(CC)(C(=O)O)C1. The van der Waals surface area contributed by atoms with Crippen molar-refractivity contribution >= 4 is 17.8 Å². The Morgan fingerprint density at radius 2 is 1.95 bits per heavy atom. The Labute approximate surface area is 119 Å². The van der Waals surface area contributed by atoms with E-state index in [9.17, 15) is 19.5 Å². The van der Waals surface area contributed by atoms with Gasteiger partial charge in [-0.25, -0.2) is 0 Å². The molecule has 0 aliphatic carbocycles. The first-order chi connectivity index (χ1) is 9.45. The number of aliphatic carboxylic acids is 1. The van der Waals surface area contributed by atoms with Gasteiger partial charge in [0.15, 0.2) is 0 Å². The van der Waals surface area contributed by atoms with Gasteiger partial charge in [0.2, 0.25) is 5.91 Å². The number of amides is 1. The molecule has 1 saturated heterocycles. The zero-order chi connectivity index (χ0) is 15.2. The van der Waals surface area contributed by atoms with Crippen molar-refractivity contribution in [2.75, 3.05) is 19.7 Å². The standard InChI is InChI=1S/C14H23NO5/c1-3-14(13(18)19)8-5-9-15(10-14)11(16)6-7-12(17)20-4-2/h3-10H2,1-2H3,(H,18,19). The Kier molecular flexibility index (Phi) is 5.98. The zero-order valence-electron chi connectivity index (χ0n) is 12.2. The number of likely N-dealkylation sites (tertiary alicyclic amines) is 1. The van der Waals surface area contributed by atoms with Gasteiger partial charge in [0, 0.05) is 19.5 Å². The topological polar surface area (TPSA) is 83.9 Å². The number of nitrogens with zero attached hydrogens (tertiary/aromatic N) is 1. The summed E-state index contributed by atoms with van der Waals surface area (Å²) >= 11 is 0. The number of carbonyl (C=O) groups excluding carboxylic acids is 2. The van der Waals surface area contributed by atoms with Crippen LogP contribution in [0.15, 0.2) is 0 Å². The Hall–Kier alpha value is -1.59. The van der Waals surface area contributed by atoms with Crippen LogP contribution < -0.4 is 0 Å². The van der Waals surface area contributed by atoms with Crippen LogP contribution in [0.1, 0.15) is 46.0 Å². The molecule has 0 saturated carbocycles. The summed E-state index contributed by atoms with van der Waals surface area (Å²) in [5.41, 5.74) is -0.835. The second-order valence-electron chi connectivity index (χ2n) is 5.16. The first-order valence-corrected chi connectivity index (χ1v) is 7.12. The molecule has 114 valence electrons. The third-order valence-corrected chi connectivity index (χ3v) is 3.91. The van der Waals surface area contributed by atoms with Gasteiger partial charge < -0.3 is 14.7 Å². The van der Waals surface area contributed by atoms with E-state index in [1.165, 1.54) is 0 Å². The van der Waals surface area contributed by atoms with E-state index >= 15 is 0 Å². The molecule has 0 aromatic carbocycles. The van der Waals surface area contributed by atoms with Crippen molar-refractivity contribution in [3.63, 3.8) is 0 Å². The Balaban J connectivity index is 2.56. The number of hydrogen-bond donors (Lipinski definition) is 1. The molecule has 20 heavy (non-hydrogen) atoms. The number of piperidine rings is 1. The molecular formula is C14H23NO5. The van der Waals surface area contributed by atoms with Gasteiger partial charge >= 0.3 is 11.9 Å². The van der Waals surface area contributed by atoms with E-state index < -0.39 is 17.4 Å². The zero-order valence-corrected chi connectivity index (χ0v) is 12.2. The van der Waals surface area contributed by atoms with Gasteiger partial charge in [-0.05, 0) is 26.2 Å². The fourth-order valence-corrected chi connectivity index (χ4v) is 2.56. The fourth-order valence-electron chi connectivity index (χ4n) is 2.56. The maximum Gasteiger partial charge on any atom is 0.311 e. The summed E-state index contributed by atoms with van der Waals surface area (Å²) in [5.74, 6) is -1.41. The normalized spacial score (nSPS) is 22.4. The molecule has 0 radical (unpaired) electrons.